The van der Waals surface area contributed by atoms with Crippen LogP contribution in [0.4, 0.5) is 23.1 Å². The Labute approximate surface area is 474 Å². The second kappa shape index (κ2) is 26.8. The Morgan fingerprint density at radius 2 is 1.62 bits per heavy atom. The zero-order chi connectivity index (χ0) is 57.2. The highest BCUT2D eigenvalue weighted by atomic mass is 35.5. The molecule has 2 aliphatic heterocycles. The van der Waals surface area contributed by atoms with Crippen LogP contribution in [-0.2, 0) is 35.6 Å². The summed E-state index contributed by atoms with van der Waals surface area (Å²) in [6.45, 7) is 19.3. The molecule has 2 aliphatic rings. The smallest absolute Gasteiger partial charge is 0.246 e. The number of likely N-dealkylation sites (tertiary alicyclic amines) is 2. The molecule has 21 heteroatoms. The lowest BCUT2D eigenvalue weighted by molar-refractivity contribution is -0.144. The van der Waals surface area contributed by atoms with Crippen LogP contribution < -0.4 is 31.3 Å². The van der Waals surface area contributed by atoms with Gasteiger partial charge in [0.1, 0.15) is 22.9 Å². The van der Waals surface area contributed by atoms with Crippen molar-refractivity contribution in [2.45, 2.75) is 154 Å². The van der Waals surface area contributed by atoms with Crippen LogP contribution in [0.25, 0.3) is 10.4 Å². The van der Waals surface area contributed by atoms with E-state index in [2.05, 4.69) is 59.4 Å². The number of carbonyl (C=O) groups excluding carboxylic acids is 4. The molecule has 5 aromatic rings. The van der Waals surface area contributed by atoms with E-state index >= 15 is 0 Å². The summed E-state index contributed by atoms with van der Waals surface area (Å²) >= 11 is 8.10. The fourth-order valence-electron chi connectivity index (χ4n) is 9.92. The number of rotatable bonds is 23. The van der Waals surface area contributed by atoms with Crippen molar-refractivity contribution in [1.82, 2.24) is 40.7 Å². The number of amides is 4. The maximum Gasteiger partial charge on any atom is 0.246 e. The highest BCUT2D eigenvalue weighted by molar-refractivity contribution is 7.92. The van der Waals surface area contributed by atoms with Crippen LogP contribution in [0.2, 0.25) is 5.02 Å². The molecule has 0 radical (unpaired) electrons. The third-order valence-electron chi connectivity index (χ3n) is 14.3. The third kappa shape index (κ3) is 16.0. The van der Waals surface area contributed by atoms with Gasteiger partial charge in [-0.2, -0.15) is 4.98 Å². The molecule has 0 spiro atoms. The number of nitrogens with zero attached hydrogens (tertiary/aromatic N) is 5. The van der Waals surface area contributed by atoms with E-state index in [-0.39, 0.29) is 83.9 Å². The van der Waals surface area contributed by atoms with E-state index in [1.807, 2.05) is 77.4 Å². The van der Waals surface area contributed by atoms with E-state index in [1.165, 1.54) is 16.7 Å². The molecule has 18 nitrogen and oxygen atoms in total. The summed E-state index contributed by atoms with van der Waals surface area (Å²) in [6, 6.07) is 16.8. The van der Waals surface area contributed by atoms with Crippen LogP contribution in [0.1, 0.15) is 122 Å². The summed E-state index contributed by atoms with van der Waals surface area (Å²) in [5.74, 6) is 0.269. The first-order valence-corrected chi connectivity index (χ1v) is 30.0. The fraction of sp³-hybridized carbons (Fsp3) is 0.500. The highest BCUT2D eigenvalue weighted by Gasteiger charge is 2.44. The maximum absolute atomic E-state index is 14.1. The van der Waals surface area contributed by atoms with E-state index in [4.69, 9.17) is 16.3 Å². The van der Waals surface area contributed by atoms with Crippen LogP contribution in [0, 0.1) is 19.3 Å². The Kier molecular flexibility index (Phi) is 20.5. The summed E-state index contributed by atoms with van der Waals surface area (Å²) in [6.07, 6.45) is 4.43. The number of aliphatic hydroxyl groups excluding tert-OH is 1. The van der Waals surface area contributed by atoms with Crippen LogP contribution >= 0.6 is 22.9 Å². The number of anilines is 4. The largest absolute Gasteiger partial charge is 0.489 e. The number of aryl methyl sites for hydroxylation is 2. The quantitative estimate of drug-likeness (QED) is 0.0335. The highest BCUT2D eigenvalue weighted by Crippen LogP contribution is 2.39. The number of thiazole rings is 1. The Morgan fingerprint density at radius 1 is 0.899 bits per heavy atom. The molecule has 2 aromatic heterocycles. The lowest BCUT2D eigenvalue weighted by Gasteiger charge is -2.35. The summed E-state index contributed by atoms with van der Waals surface area (Å²) < 4.78 is 32.6. The fourth-order valence-corrected chi connectivity index (χ4v) is 12.1. The number of hydrogen-bond acceptors (Lipinski definition) is 15. The van der Waals surface area contributed by atoms with Gasteiger partial charge in [0.25, 0.3) is 0 Å². The summed E-state index contributed by atoms with van der Waals surface area (Å²) in [4.78, 5) is 72.2. The van der Waals surface area contributed by atoms with Gasteiger partial charge in [-0.3, -0.25) is 24.1 Å². The van der Waals surface area contributed by atoms with Gasteiger partial charge in [0.15, 0.2) is 15.7 Å². The van der Waals surface area contributed by atoms with Gasteiger partial charge in [-0.1, -0.05) is 75.2 Å². The van der Waals surface area contributed by atoms with E-state index in [1.54, 1.807) is 49.4 Å². The van der Waals surface area contributed by atoms with Crippen molar-refractivity contribution in [3.05, 3.63) is 99.8 Å². The zero-order valence-electron chi connectivity index (χ0n) is 46.8. The van der Waals surface area contributed by atoms with Crippen LogP contribution in [0.5, 0.6) is 5.75 Å². The number of benzene rings is 3. The Bertz CT molecular complexity index is 3050. The Balaban J connectivity index is 0.836. The van der Waals surface area contributed by atoms with Gasteiger partial charge in [0.05, 0.1) is 62.6 Å². The van der Waals surface area contributed by atoms with E-state index in [0.717, 1.165) is 53.2 Å². The standard InChI is InChI=1S/C58H77ClN10O8S2/c1-35(2)77-48-29-43(37(5)27-46(48)65-57-62-31-44(59)54(67-57)64-45-15-12-13-16-49(45)79(75,76)36(3)4)40-22-25-68(26-23-40)33-51(72)60-24-14-10-11-17-50(71)66-53(58(7,8)9)56(74)69-32-42(70)28-47(69)55(73)61-30-39-18-20-41(21-19-39)52-38(6)63-34-78-52/h12-13,15-16,18-21,27,29,31,34-36,40,42,47,53,70H,10-11,14,17,22-26,28,30,32-33H2,1-9H3,(H,60,72)(H,61,73)(H,66,71)(H2,62,64,65,67)/t42-,47+,53?/m1/s1. The molecule has 426 valence electrons. The Hall–Kier alpha value is -6.19. The van der Waals surface area contributed by atoms with Crippen molar-refractivity contribution in [2.75, 3.05) is 43.4 Å². The zero-order valence-corrected chi connectivity index (χ0v) is 49.2. The summed E-state index contributed by atoms with van der Waals surface area (Å²) in [7, 11) is -3.60. The first-order valence-electron chi connectivity index (χ1n) is 27.2. The van der Waals surface area contributed by atoms with Gasteiger partial charge in [0.2, 0.25) is 29.6 Å². The molecule has 4 heterocycles. The molecule has 1 unspecified atom stereocenters. The van der Waals surface area contributed by atoms with Crippen molar-refractivity contribution in [3.63, 3.8) is 0 Å². The minimum atomic E-state index is -3.60. The summed E-state index contributed by atoms with van der Waals surface area (Å²) in [5, 5.41) is 25.6. The molecule has 0 saturated carbocycles. The average Bonchev–Trinajstić information content (AvgIpc) is 4.04. The van der Waals surface area contributed by atoms with Gasteiger partial charge >= 0.3 is 0 Å². The number of aliphatic hydroxyl groups is 1. The number of para-hydroxylation sites is 1. The topological polar surface area (TPSA) is 237 Å². The van der Waals surface area contributed by atoms with Crippen LogP contribution in [0.3, 0.4) is 0 Å². The summed E-state index contributed by atoms with van der Waals surface area (Å²) in [5.41, 5.74) is 7.29. The molecule has 2 fully saturated rings. The van der Waals surface area contributed by atoms with Gasteiger partial charge in [-0.15, -0.1) is 11.3 Å². The number of β-amino-alcohol motifs (C(OH)–C–C–N with tert-alkyl or cyclic N) is 1. The van der Waals surface area contributed by atoms with E-state index in [0.29, 0.717) is 42.9 Å². The first kappa shape index (κ1) is 60.5. The van der Waals surface area contributed by atoms with E-state index < -0.39 is 44.6 Å². The molecule has 0 aliphatic carbocycles. The van der Waals surface area contributed by atoms with Crippen molar-refractivity contribution in [3.8, 4) is 16.2 Å². The van der Waals surface area contributed by atoms with Crippen LogP contribution in [0.15, 0.2) is 77.3 Å². The van der Waals surface area contributed by atoms with Crippen molar-refractivity contribution < 1.29 is 37.4 Å². The molecule has 79 heavy (non-hydrogen) atoms. The SMILES string of the molecule is Cc1cc(Nc2ncc(Cl)c(Nc3ccccc3S(=O)(=O)C(C)C)n2)c(OC(C)C)cc1C1CCN(CC(=O)NCCCCCC(=O)NC(C(=O)N2C[C@H](O)C[C@H]2C(=O)NCc2ccc(-c3scnc3C)cc2)C(C)(C)C)CC1. The molecule has 3 atom stereocenters. The second-order valence-electron chi connectivity index (χ2n) is 22.3. The molecule has 3 aromatic carbocycles. The molecule has 4 amide bonds. The van der Waals surface area contributed by atoms with Crippen molar-refractivity contribution >= 4 is 79.5 Å². The number of hydrogen-bond donors (Lipinski definition) is 6. The second-order valence-corrected chi connectivity index (χ2v) is 26.0. The lowest BCUT2D eigenvalue weighted by atomic mass is 9.85. The number of ether oxygens (including phenoxy) is 1. The van der Waals surface area contributed by atoms with Gasteiger partial charge in [-0.25, -0.2) is 18.4 Å². The number of piperidine rings is 1. The average molecular weight is 1140 g/mol. The third-order valence-corrected chi connectivity index (χ3v) is 17.8. The molecule has 0 bridgehead atoms. The number of sulfone groups is 1. The predicted molar refractivity (Wildman–Crippen MR) is 311 cm³/mol. The minimum absolute atomic E-state index is 0.00381. The molecule has 7 rings (SSSR count). The van der Waals surface area contributed by atoms with Crippen molar-refractivity contribution in [1.29, 1.82) is 0 Å². The van der Waals surface area contributed by atoms with Gasteiger partial charge < -0.3 is 41.3 Å². The minimum Gasteiger partial charge on any atom is -0.489 e. The van der Waals surface area contributed by atoms with Gasteiger partial charge in [0, 0.05) is 32.5 Å². The van der Waals surface area contributed by atoms with Crippen molar-refractivity contribution in [2.24, 2.45) is 5.41 Å². The number of nitrogens with one attached hydrogen (secondary N) is 5. The predicted octanol–water partition coefficient (Wildman–Crippen LogP) is 8.99. The normalized spacial score (nSPS) is 16.7. The van der Waals surface area contributed by atoms with Gasteiger partial charge in [-0.05, 0) is 138 Å². The number of unbranched alkanes of at least 4 members (excludes halogenated alkanes) is 2. The molecule has 2 saturated heterocycles. The Morgan fingerprint density at radius 3 is 2.29 bits per heavy atom. The first-order chi connectivity index (χ1) is 37.5. The number of carbonyl (C=O) groups is 4. The van der Waals surface area contributed by atoms with E-state index in [9.17, 15) is 32.7 Å². The number of halogens is 1. The number of aromatic nitrogens is 3. The molecular weight excluding hydrogens is 1060 g/mol. The monoisotopic (exact) mass is 1140 g/mol. The van der Waals surface area contributed by atoms with Crippen LogP contribution in [-0.4, -0.2) is 124 Å². The molecule has 6 N–H and O–H groups in total. The maximum atomic E-state index is 14.1. The lowest BCUT2D eigenvalue weighted by Crippen LogP contribution is -2.57. The molecular formula is C58H77ClN10O8S2.